The number of alkyl halides is 3. The molecule has 1 N–H and O–H groups in total. The number of halogens is 3. The van der Waals surface area contributed by atoms with Gasteiger partial charge in [-0.1, -0.05) is 32.0 Å². The monoisotopic (exact) mass is 491 g/mol. The number of hydrogen-bond donors (Lipinski definition) is 1. The van der Waals surface area contributed by atoms with Crippen molar-refractivity contribution in [2.24, 2.45) is 11.8 Å². The molecular weight excluding hydrogens is 455 g/mol. The van der Waals surface area contributed by atoms with Crippen LogP contribution in [0.25, 0.3) is 10.8 Å². The number of carboxylic acid groups (broad SMARTS) is 1. The van der Waals surface area contributed by atoms with E-state index < -0.39 is 17.7 Å². The van der Waals surface area contributed by atoms with E-state index in [4.69, 9.17) is 4.74 Å². The van der Waals surface area contributed by atoms with Crippen molar-refractivity contribution in [1.29, 1.82) is 0 Å². The van der Waals surface area contributed by atoms with Crippen LogP contribution >= 0.6 is 0 Å². The van der Waals surface area contributed by atoms with Crippen LogP contribution in [0, 0.1) is 11.8 Å². The molecule has 1 saturated carbocycles. The molecule has 4 nitrogen and oxygen atoms in total. The van der Waals surface area contributed by atoms with Crippen molar-refractivity contribution in [2.75, 3.05) is 13.1 Å². The second-order valence-electron chi connectivity index (χ2n) is 10.4. The Labute approximate surface area is 205 Å². The molecule has 192 valence electrons. The topological polar surface area (TPSA) is 49.8 Å². The minimum Gasteiger partial charge on any atom is -0.490 e. The van der Waals surface area contributed by atoms with Crippen LogP contribution < -0.4 is 4.74 Å². The number of hydrogen-bond acceptors (Lipinski definition) is 3. The van der Waals surface area contributed by atoms with Gasteiger partial charge in [0.1, 0.15) is 11.3 Å². The van der Waals surface area contributed by atoms with Crippen LogP contribution in [0.1, 0.15) is 82.4 Å². The molecule has 4 rings (SSSR count). The maximum absolute atomic E-state index is 14.2. The van der Waals surface area contributed by atoms with E-state index in [1.807, 2.05) is 6.07 Å². The average molecular weight is 492 g/mol. The Hall–Kier alpha value is -2.28. The smallest absolute Gasteiger partial charge is 0.420 e. The van der Waals surface area contributed by atoms with Gasteiger partial charge < -0.3 is 9.84 Å². The third-order valence-electron chi connectivity index (χ3n) is 7.77. The fourth-order valence-electron chi connectivity index (χ4n) is 5.95. The second-order valence-corrected chi connectivity index (χ2v) is 10.4. The molecule has 35 heavy (non-hydrogen) atoms. The molecule has 1 saturated heterocycles. The van der Waals surface area contributed by atoms with E-state index in [0.717, 1.165) is 57.1 Å². The Morgan fingerprint density at radius 2 is 1.89 bits per heavy atom. The van der Waals surface area contributed by atoms with Crippen molar-refractivity contribution in [2.45, 2.75) is 83.5 Å². The molecular formula is C28H36F3NO3. The molecule has 0 bridgehead atoms. The van der Waals surface area contributed by atoms with Crippen molar-refractivity contribution in [3.8, 4) is 5.75 Å². The number of aliphatic carboxylic acids is 1. The van der Waals surface area contributed by atoms with E-state index in [-0.39, 0.29) is 35.6 Å². The summed E-state index contributed by atoms with van der Waals surface area (Å²) in [6, 6.07) is 8.53. The zero-order valence-corrected chi connectivity index (χ0v) is 20.6. The van der Waals surface area contributed by atoms with Crippen LogP contribution in [0.5, 0.6) is 5.75 Å². The number of ether oxygens (including phenoxy) is 1. The molecule has 2 aromatic rings. The SMILES string of the molecule is CCC(c1ccc2c(C(F)(F)F)c(OC3CCC(C)CC3)ccc2c1)N1CCC[C@@H](CC(=O)O)C1. The van der Waals surface area contributed by atoms with Gasteiger partial charge in [0, 0.05) is 19.0 Å². The van der Waals surface area contributed by atoms with E-state index >= 15 is 0 Å². The van der Waals surface area contributed by atoms with Crippen molar-refractivity contribution >= 4 is 16.7 Å². The molecule has 2 aromatic carbocycles. The van der Waals surface area contributed by atoms with Gasteiger partial charge in [-0.3, -0.25) is 9.69 Å². The number of benzene rings is 2. The zero-order valence-electron chi connectivity index (χ0n) is 20.6. The summed E-state index contributed by atoms with van der Waals surface area (Å²) >= 11 is 0. The van der Waals surface area contributed by atoms with Crippen LogP contribution in [0.3, 0.4) is 0 Å². The van der Waals surface area contributed by atoms with Crippen LogP contribution in [-0.4, -0.2) is 35.2 Å². The number of carbonyl (C=O) groups is 1. The first kappa shape index (κ1) is 25.8. The third kappa shape index (κ3) is 6.11. The van der Waals surface area contributed by atoms with Crippen molar-refractivity contribution in [3.05, 3.63) is 41.5 Å². The predicted molar refractivity (Wildman–Crippen MR) is 131 cm³/mol. The summed E-state index contributed by atoms with van der Waals surface area (Å²) in [5, 5.41) is 9.91. The fraction of sp³-hybridized carbons (Fsp3) is 0.607. The van der Waals surface area contributed by atoms with Gasteiger partial charge in [0.25, 0.3) is 0 Å². The summed E-state index contributed by atoms with van der Waals surface area (Å²) in [4.78, 5) is 13.5. The van der Waals surface area contributed by atoms with Crippen LogP contribution in [-0.2, 0) is 11.0 Å². The van der Waals surface area contributed by atoms with Crippen molar-refractivity contribution < 1.29 is 27.8 Å². The Kier molecular flexibility index (Phi) is 7.94. The fourth-order valence-corrected chi connectivity index (χ4v) is 5.95. The van der Waals surface area contributed by atoms with Gasteiger partial charge in [-0.15, -0.1) is 0 Å². The van der Waals surface area contributed by atoms with Crippen molar-refractivity contribution in [1.82, 2.24) is 4.90 Å². The summed E-state index contributed by atoms with van der Waals surface area (Å²) in [6.07, 6.45) is 1.62. The van der Waals surface area contributed by atoms with Gasteiger partial charge >= 0.3 is 12.1 Å². The number of carboxylic acids is 1. The lowest BCUT2D eigenvalue weighted by molar-refractivity contribution is -0.139. The van der Waals surface area contributed by atoms with Gasteiger partial charge in [-0.25, -0.2) is 0 Å². The minimum absolute atomic E-state index is 0.0467. The van der Waals surface area contributed by atoms with Crippen LogP contribution in [0.2, 0.25) is 0 Å². The first-order valence-corrected chi connectivity index (χ1v) is 12.9. The molecule has 1 heterocycles. The van der Waals surface area contributed by atoms with Gasteiger partial charge in [0.05, 0.1) is 6.10 Å². The number of piperidine rings is 1. The van der Waals surface area contributed by atoms with Crippen LogP contribution in [0.4, 0.5) is 13.2 Å². The lowest BCUT2D eigenvalue weighted by Gasteiger charge is -2.38. The first-order chi connectivity index (χ1) is 16.7. The molecule has 0 amide bonds. The highest BCUT2D eigenvalue weighted by Crippen LogP contribution is 2.43. The molecule has 1 aliphatic carbocycles. The number of likely N-dealkylation sites (tertiary alicyclic amines) is 1. The highest BCUT2D eigenvalue weighted by Gasteiger charge is 2.37. The summed E-state index contributed by atoms with van der Waals surface area (Å²) in [6.45, 7) is 5.81. The maximum atomic E-state index is 14.2. The molecule has 2 aliphatic rings. The van der Waals surface area contributed by atoms with E-state index in [0.29, 0.717) is 17.8 Å². The Bertz CT molecular complexity index is 1030. The molecule has 1 aliphatic heterocycles. The van der Waals surface area contributed by atoms with E-state index in [2.05, 4.69) is 18.7 Å². The Morgan fingerprint density at radius 3 is 2.54 bits per heavy atom. The van der Waals surface area contributed by atoms with E-state index in [9.17, 15) is 23.1 Å². The van der Waals surface area contributed by atoms with Crippen LogP contribution in [0.15, 0.2) is 30.3 Å². The Balaban J connectivity index is 1.62. The highest BCUT2D eigenvalue weighted by atomic mass is 19.4. The highest BCUT2D eigenvalue weighted by molar-refractivity contribution is 5.89. The van der Waals surface area contributed by atoms with E-state index in [1.54, 1.807) is 18.2 Å². The predicted octanol–water partition coefficient (Wildman–Crippen LogP) is 7.45. The molecule has 1 unspecified atom stereocenters. The van der Waals surface area contributed by atoms with Gasteiger partial charge in [-0.05, 0) is 91.8 Å². The summed E-state index contributed by atoms with van der Waals surface area (Å²) in [5.41, 5.74) is 0.284. The molecule has 0 spiro atoms. The molecule has 7 heteroatoms. The standard InChI is InChI=1S/C28H36F3NO3/c1-3-24(32-14-4-5-19(17-32)15-26(33)34)21-8-12-23-20(16-21)9-13-25(27(23)28(29,30)31)35-22-10-6-18(2)7-11-22/h8-9,12-13,16,18-19,22,24H,3-7,10-11,14-15,17H2,1-2H3,(H,33,34)/t18?,19-,22?,24?/m0/s1. The summed E-state index contributed by atoms with van der Waals surface area (Å²) in [5.74, 6) is -0.152. The average Bonchev–Trinajstić information content (AvgIpc) is 2.80. The molecule has 0 radical (unpaired) electrons. The zero-order chi connectivity index (χ0) is 25.2. The molecule has 0 aromatic heterocycles. The van der Waals surface area contributed by atoms with E-state index in [1.165, 1.54) is 6.07 Å². The summed E-state index contributed by atoms with van der Waals surface area (Å²) < 4.78 is 48.6. The largest absolute Gasteiger partial charge is 0.490 e. The maximum Gasteiger partial charge on any atom is 0.420 e. The van der Waals surface area contributed by atoms with Gasteiger partial charge in [0.15, 0.2) is 0 Å². The third-order valence-corrected chi connectivity index (χ3v) is 7.77. The number of fused-ring (bicyclic) bond motifs is 1. The quantitative estimate of drug-likeness (QED) is 0.437. The lowest BCUT2D eigenvalue weighted by atomic mass is 9.89. The normalized spacial score (nSPS) is 24.9. The lowest BCUT2D eigenvalue weighted by Crippen LogP contribution is -2.38. The molecule has 2 atom stereocenters. The summed E-state index contributed by atoms with van der Waals surface area (Å²) in [7, 11) is 0. The molecule has 2 fully saturated rings. The van der Waals surface area contributed by atoms with Gasteiger partial charge in [-0.2, -0.15) is 13.2 Å². The number of nitrogens with zero attached hydrogens (tertiary/aromatic N) is 1. The Morgan fingerprint density at radius 1 is 1.14 bits per heavy atom. The number of rotatable bonds is 7. The van der Waals surface area contributed by atoms with Gasteiger partial charge in [0.2, 0.25) is 0 Å². The first-order valence-electron chi connectivity index (χ1n) is 12.9. The van der Waals surface area contributed by atoms with Crippen molar-refractivity contribution in [3.63, 3.8) is 0 Å². The minimum atomic E-state index is -4.51. The second kappa shape index (κ2) is 10.8.